The van der Waals surface area contributed by atoms with Crippen LogP contribution in [-0.4, -0.2) is 87.2 Å². The van der Waals surface area contributed by atoms with E-state index in [-0.39, 0.29) is 41.6 Å². The number of halogens is 1. The first-order valence-electron chi connectivity index (χ1n) is 12.0. The van der Waals surface area contributed by atoms with Gasteiger partial charge in [0.15, 0.2) is 0 Å². The van der Waals surface area contributed by atoms with Gasteiger partial charge in [0.05, 0.1) is 13.2 Å². The van der Waals surface area contributed by atoms with E-state index in [0.29, 0.717) is 25.2 Å². The Morgan fingerprint density at radius 1 is 1.19 bits per heavy atom. The van der Waals surface area contributed by atoms with Crippen molar-refractivity contribution in [2.24, 2.45) is 5.92 Å². The van der Waals surface area contributed by atoms with E-state index in [1.54, 1.807) is 31.2 Å². The molecule has 1 N–H and O–H groups in total. The number of hydrogen-bond acceptors (Lipinski definition) is 6. The van der Waals surface area contributed by atoms with Gasteiger partial charge in [0.1, 0.15) is 22.6 Å². The molecular formula is C27H36FN3O4S. The van der Waals surface area contributed by atoms with Crippen molar-refractivity contribution in [3.05, 3.63) is 59.4 Å². The number of hydrogen-bond donors (Lipinski definition) is 1. The smallest absolute Gasteiger partial charge is 0.247 e. The summed E-state index contributed by atoms with van der Waals surface area (Å²) in [4.78, 5) is 4.09. The van der Waals surface area contributed by atoms with E-state index in [0.717, 1.165) is 5.56 Å². The van der Waals surface area contributed by atoms with Crippen molar-refractivity contribution in [3.8, 4) is 17.6 Å². The molecule has 3 rings (SSSR count). The van der Waals surface area contributed by atoms with Crippen molar-refractivity contribution in [2.45, 2.75) is 37.4 Å². The summed E-state index contributed by atoms with van der Waals surface area (Å²) in [6, 6.07) is 10.7. The molecule has 0 saturated carbocycles. The highest BCUT2D eigenvalue weighted by molar-refractivity contribution is 7.89. The Bertz CT molecular complexity index is 1190. The predicted molar refractivity (Wildman–Crippen MR) is 139 cm³/mol. The molecule has 9 heteroatoms. The maximum atomic E-state index is 13.6. The fraction of sp³-hybridized carbons (Fsp3) is 0.481. The standard InChI is InChI=1S/C27H36FN3O4S/c1-20-16-31(21(2)19-32)36(33,34)27-13-10-22(7-6-14-29(3)4)15-25(27)35-26(20)18-30(5)17-23-8-11-24(28)12-9-23/h8-13,15,20-21,26,32H,14,16-19H2,1-5H3/t20-,21-,26+/m1/s1. The number of benzene rings is 2. The highest BCUT2D eigenvalue weighted by Crippen LogP contribution is 2.34. The monoisotopic (exact) mass is 517 g/mol. The molecule has 36 heavy (non-hydrogen) atoms. The van der Waals surface area contributed by atoms with Crippen LogP contribution in [0.3, 0.4) is 0 Å². The zero-order valence-electron chi connectivity index (χ0n) is 21.6. The Hall–Kier alpha value is -2.48. The van der Waals surface area contributed by atoms with Crippen LogP contribution in [0.2, 0.25) is 0 Å². The average molecular weight is 518 g/mol. The second-order valence-electron chi connectivity index (χ2n) is 9.76. The van der Waals surface area contributed by atoms with Crippen LogP contribution >= 0.6 is 0 Å². The summed E-state index contributed by atoms with van der Waals surface area (Å²) in [5.41, 5.74) is 1.63. The quantitative estimate of drug-likeness (QED) is 0.570. The summed E-state index contributed by atoms with van der Waals surface area (Å²) in [5, 5.41) is 9.80. The minimum Gasteiger partial charge on any atom is -0.487 e. The zero-order chi connectivity index (χ0) is 26.5. The molecule has 0 saturated heterocycles. The number of sulfonamides is 1. The molecule has 2 aromatic rings. The van der Waals surface area contributed by atoms with Gasteiger partial charge in [0, 0.05) is 37.2 Å². The van der Waals surface area contributed by atoms with Gasteiger partial charge in [-0.3, -0.25) is 9.80 Å². The fourth-order valence-electron chi connectivity index (χ4n) is 4.09. The van der Waals surface area contributed by atoms with E-state index in [4.69, 9.17) is 4.74 Å². The third-order valence-corrected chi connectivity index (χ3v) is 8.17. The molecule has 0 radical (unpaired) electrons. The van der Waals surface area contributed by atoms with Crippen LogP contribution < -0.4 is 4.74 Å². The number of fused-ring (bicyclic) bond motifs is 1. The Labute approximate surface area is 214 Å². The van der Waals surface area contributed by atoms with Crippen LogP contribution in [0.1, 0.15) is 25.0 Å². The third-order valence-electron chi connectivity index (χ3n) is 6.15. The van der Waals surface area contributed by atoms with Crippen LogP contribution in [-0.2, 0) is 16.6 Å². The Balaban J connectivity index is 1.95. The van der Waals surface area contributed by atoms with E-state index in [1.165, 1.54) is 22.5 Å². The van der Waals surface area contributed by atoms with Crippen molar-refractivity contribution in [3.63, 3.8) is 0 Å². The lowest BCUT2D eigenvalue weighted by Gasteiger charge is -2.37. The SMILES string of the molecule is C[C@@H]1CN([C@H](C)CO)S(=O)(=O)c2ccc(C#CCN(C)C)cc2O[C@H]1CN(C)Cc1ccc(F)cc1. The number of ether oxygens (including phenoxy) is 1. The highest BCUT2D eigenvalue weighted by atomic mass is 32.2. The molecule has 7 nitrogen and oxygen atoms in total. The molecule has 0 amide bonds. The number of rotatable bonds is 7. The topological polar surface area (TPSA) is 73.3 Å². The van der Waals surface area contributed by atoms with Crippen molar-refractivity contribution in [1.29, 1.82) is 0 Å². The first-order valence-corrected chi connectivity index (χ1v) is 13.4. The summed E-state index contributed by atoms with van der Waals surface area (Å²) >= 11 is 0. The van der Waals surface area contributed by atoms with Gasteiger partial charge in [-0.05, 0) is 64.0 Å². The third kappa shape index (κ3) is 7.05. The highest BCUT2D eigenvalue weighted by Gasteiger charge is 2.38. The minimum atomic E-state index is -3.90. The summed E-state index contributed by atoms with van der Waals surface area (Å²) < 4.78 is 48.2. The lowest BCUT2D eigenvalue weighted by atomic mass is 10.0. The van der Waals surface area contributed by atoms with Gasteiger partial charge >= 0.3 is 0 Å². The minimum absolute atomic E-state index is 0.0686. The van der Waals surface area contributed by atoms with E-state index >= 15 is 0 Å². The lowest BCUT2D eigenvalue weighted by molar-refractivity contribution is 0.0733. The van der Waals surface area contributed by atoms with Gasteiger partial charge in [0.25, 0.3) is 0 Å². The maximum absolute atomic E-state index is 13.6. The molecule has 0 aromatic heterocycles. The largest absolute Gasteiger partial charge is 0.487 e. The summed E-state index contributed by atoms with van der Waals surface area (Å²) in [7, 11) is 1.91. The van der Waals surface area contributed by atoms with Gasteiger partial charge in [-0.25, -0.2) is 12.8 Å². The fourth-order valence-corrected chi connectivity index (χ4v) is 5.92. The number of likely N-dealkylation sites (N-methyl/N-ethyl adjacent to an activating group) is 1. The maximum Gasteiger partial charge on any atom is 0.247 e. The van der Waals surface area contributed by atoms with Gasteiger partial charge < -0.3 is 9.84 Å². The van der Waals surface area contributed by atoms with Crippen molar-refractivity contribution >= 4 is 10.0 Å². The lowest BCUT2D eigenvalue weighted by Crippen LogP contribution is -2.49. The molecule has 1 aliphatic rings. The van der Waals surface area contributed by atoms with Crippen molar-refractivity contribution in [2.75, 3.05) is 47.4 Å². The first kappa shape index (κ1) is 28.1. The molecule has 0 spiro atoms. The number of aliphatic hydroxyl groups excluding tert-OH is 1. The van der Waals surface area contributed by atoms with Crippen molar-refractivity contribution in [1.82, 2.24) is 14.1 Å². The van der Waals surface area contributed by atoms with E-state index in [9.17, 15) is 17.9 Å². The Morgan fingerprint density at radius 3 is 2.53 bits per heavy atom. The molecule has 3 atom stereocenters. The second-order valence-corrected chi connectivity index (χ2v) is 11.6. The molecule has 1 aliphatic heterocycles. The second kappa shape index (κ2) is 12.2. The van der Waals surface area contributed by atoms with Gasteiger partial charge in [0.2, 0.25) is 10.0 Å². The molecule has 0 aliphatic carbocycles. The molecule has 2 aromatic carbocycles. The van der Waals surface area contributed by atoms with Crippen LogP contribution in [0.4, 0.5) is 4.39 Å². The Kier molecular flexibility index (Phi) is 9.50. The van der Waals surface area contributed by atoms with Gasteiger partial charge in [-0.15, -0.1) is 0 Å². The van der Waals surface area contributed by atoms with E-state index in [2.05, 4.69) is 16.7 Å². The molecular weight excluding hydrogens is 481 g/mol. The molecule has 196 valence electrons. The van der Waals surface area contributed by atoms with Crippen LogP contribution in [0, 0.1) is 23.6 Å². The van der Waals surface area contributed by atoms with Crippen LogP contribution in [0.5, 0.6) is 5.75 Å². The normalized spacial score (nSPS) is 20.6. The number of nitrogens with zero attached hydrogens (tertiary/aromatic N) is 3. The average Bonchev–Trinajstić information content (AvgIpc) is 2.82. The zero-order valence-corrected chi connectivity index (χ0v) is 22.4. The van der Waals surface area contributed by atoms with E-state index < -0.39 is 16.1 Å². The summed E-state index contributed by atoms with van der Waals surface area (Å²) in [6.45, 7) is 5.26. The summed E-state index contributed by atoms with van der Waals surface area (Å²) in [6.07, 6.45) is -0.330. The molecule has 0 unspecified atom stereocenters. The van der Waals surface area contributed by atoms with Crippen LogP contribution in [0.25, 0.3) is 0 Å². The van der Waals surface area contributed by atoms with Gasteiger partial charge in [-0.1, -0.05) is 30.9 Å². The van der Waals surface area contributed by atoms with Crippen LogP contribution in [0.15, 0.2) is 47.4 Å². The molecule has 0 bridgehead atoms. The van der Waals surface area contributed by atoms with E-state index in [1.807, 2.05) is 33.0 Å². The molecule has 1 heterocycles. The molecule has 0 fully saturated rings. The number of aliphatic hydroxyl groups is 1. The first-order chi connectivity index (χ1) is 17.0. The van der Waals surface area contributed by atoms with Gasteiger partial charge in [-0.2, -0.15) is 4.31 Å². The van der Waals surface area contributed by atoms with Crippen molar-refractivity contribution < 1.29 is 22.7 Å². The Morgan fingerprint density at radius 2 is 1.89 bits per heavy atom. The predicted octanol–water partition coefficient (Wildman–Crippen LogP) is 2.64. The summed E-state index contributed by atoms with van der Waals surface area (Å²) in [5.74, 6) is 5.96.